The fourth-order valence-corrected chi connectivity index (χ4v) is 4.34. The van der Waals surface area contributed by atoms with E-state index >= 15 is 0 Å². The van der Waals surface area contributed by atoms with Gasteiger partial charge < -0.3 is 9.64 Å². The van der Waals surface area contributed by atoms with Gasteiger partial charge in [0.05, 0.1) is 23.5 Å². The van der Waals surface area contributed by atoms with Gasteiger partial charge in [-0.2, -0.15) is 0 Å². The van der Waals surface area contributed by atoms with Gasteiger partial charge in [0.1, 0.15) is 12.6 Å². The second-order valence-electron chi connectivity index (χ2n) is 6.57. The predicted octanol–water partition coefficient (Wildman–Crippen LogP) is 1.14. The van der Waals surface area contributed by atoms with Crippen LogP contribution in [0.5, 0.6) is 0 Å². The Kier molecular flexibility index (Phi) is 4.44. The molecular weight excluding hydrogens is 356 g/mol. The summed E-state index contributed by atoms with van der Waals surface area (Å²) in [5, 5.41) is 0. The second kappa shape index (κ2) is 6.75. The average molecular weight is 374 g/mol. The summed E-state index contributed by atoms with van der Waals surface area (Å²) in [7, 11) is 0. The molecule has 2 heterocycles. The summed E-state index contributed by atoms with van der Waals surface area (Å²) >= 11 is 1.53. The number of nitrogens with zero attached hydrogens (tertiary/aromatic N) is 2. The molecule has 1 aromatic rings. The Morgan fingerprint density at radius 1 is 1.12 bits per heavy atom. The predicted molar refractivity (Wildman–Crippen MR) is 93.5 cm³/mol. The van der Waals surface area contributed by atoms with Gasteiger partial charge in [0, 0.05) is 11.7 Å². The third-order valence-electron chi connectivity index (χ3n) is 4.80. The van der Waals surface area contributed by atoms with E-state index in [2.05, 4.69) is 0 Å². The molecule has 3 aliphatic rings. The molecule has 1 aromatic carbocycles. The SMILES string of the molecule is O=C(OCCN1C(=O)c2ccccc2C1=O)[C@H]1CSCN1C(=O)C1CC1. The number of carbonyl (C=O) groups is 4. The van der Waals surface area contributed by atoms with E-state index in [-0.39, 0.29) is 36.8 Å². The fraction of sp³-hybridized carbons (Fsp3) is 0.444. The summed E-state index contributed by atoms with van der Waals surface area (Å²) < 4.78 is 5.27. The van der Waals surface area contributed by atoms with Crippen molar-refractivity contribution in [3.05, 3.63) is 35.4 Å². The van der Waals surface area contributed by atoms with E-state index in [4.69, 9.17) is 4.74 Å². The molecule has 0 aromatic heterocycles. The molecule has 1 aliphatic carbocycles. The number of hydrogen-bond donors (Lipinski definition) is 0. The Morgan fingerprint density at radius 2 is 1.77 bits per heavy atom. The molecule has 0 bridgehead atoms. The molecule has 1 saturated heterocycles. The van der Waals surface area contributed by atoms with Crippen molar-refractivity contribution in [2.45, 2.75) is 18.9 Å². The zero-order valence-corrected chi connectivity index (χ0v) is 14.9. The number of rotatable bonds is 5. The third kappa shape index (κ3) is 2.98. The molecule has 0 unspecified atom stereocenters. The minimum absolute atomic E-state index is 0.00845. The first-order valence-electron chi connectivity index (χ1n) is 8.58. The summed E-state index contributed by atoms with van der Waals surface area (Å²) in [5.41, 5.74) is 0.745. The molecule has 0 N–H and O–H groups in total. The lowest BCUT2D eigenvalue weighted by molar-refractivity contribution is -0.153. The smallest absolute Gasteiger partial charge is 0.329 e. The fourth-order valence-electron chi connectivity index (χ4n) is 3.20. The molecule has 136 valence electrons. The number of esters is 1. The topological polar surface area (TPSA) is 84.0 Å². The van der Waals surface area contributed by atoms with Crippen LogP contribution >= 0.6 is 11.8 Å². The zero-order valence-electron chi connectivity index (χ0n) is 14.1. The lowest BCUT2D eigenvalue weighted by atomic mass is 10.1. The van der Waals surface area contributed by atoms with Crippen molar-refractivity contribution in [1.29, 1.82) is 0 Å². The number of ether oxygens (including phenoxy) is 1. The Balaban J connectivity index is 1.32. The molecule has 1 atom stereocenters. The van der Waals surface area contributed by atoms with E-state index in [1.807, 2.05) is 0 Å². The number of carbonyl (C=O) groups excluding carboxylic acids is 4. The number of benzene rings is 1. The molecule has 8 heteroatoms. The lowest BCUT2D eigenvalue weighted by Crippen LogP contribution is -2.44. The van der Waals surface area contributed by atoms with Crippen LogP contribution in [0.2, 0.25) is 0 Å². The number of amides is 3. The van der Waals surface area contributed by atoms with Crippen molar-refractivity contribution in [3.8, 4) is 0 Å². The Labute approximate surface area is 154 Å². The van der Waals surface area contributed by atoms with Gasteiger partial charge in [-0.1, -0.05) is 12.1 Å². The van der Waals surface area contributed by atoms with Crippen molar-refractivity contribution in [2.24, 2.45) is 5.92 Å². The molecule has 0 spiro atoms. The normalized spacial score (nSPS) is 21.9. The highest BCUT2D eigenvalue weighted by Crippen LogP contribution is 2.34. The highest BCUT2D eigenvalue weighted by Gasteiger charge is 2.42. The third-order valence-corrected chi connectivity index (χ3v) is 5.81. The van der Waals surface area contributed by atoms with Gasteiger partial charge in [0.15, 0.2) is 0 Å². The first kappa shape index (κ1) is 17.1. The largest absolute Gasteiger partial charge is 0.462 e. The molecule has 1 saturated carbocycles. The first-order chi connectivity index (χ1) is 12.6. The average Bonchev–Trinajstić information content (AvgIpc) is 3.34. The van der Waals surface area contributed by atoms with Crippen LogP contribution in [0.1, 0.15) is 33.6 Å². The van der Waals surface area contributed by atoms with Gasteiger partial charge in [-0.15, -0.1) is 11.8 Å². The quantitative estimate of drug-likeness (QED) is 0.568. The van der Waals surface area contributed by atoms with Crippen molar-refractivity contribution in [1.82, 2.24) is 9.80 Å². The molecule has 26 heavy (non-hydrogen) atoms. The molecular formula is C18H18N2O5S. The van der Waals surface area contributed by atoms with Crippen LogP contribution in [0.4, 0.5) is 0 Å². The van der Waals surface area contributed by atoms with Crippen LogP contribution in [0.15, 0.2) is 24.3 Å². The van der Waals surface area contributed by atoms with Gasteiger partial charge in [-0.05, 0) is 25.0 Å². The van der Waals surface area contributed by atoms with Crippen LogP contribution in [0.25, 0.3) is 0 Å². The number of fused-ring (bicyclic) bond motifs is 1. The molecule has 2 aliphatic heterocycles. The molecule has 2 fully saturated rings. The monoisotopic (exact) mass is 374 g/mol. The van der Waals surface area contributed by atoms with Crippen molar-refractivity contribution in [2.75, 3.05) is 24.8 Å². The molecule has 4 rings (SSSR count). The number of hydrogen-bond acceptors (Lipinski definition) is 6. The molecule has 3 amide bonds. The van der Waals surface area contributed by atoms with Gasteiger partial charge in [-0.25, -0.2) is 4.79 Å². The van der Waals surface area contributed by atoms with Crippen LogP contribution < -0.4 is 0 Å². The zero-order chi connectivity index (χ0) is 18.3. The van der Waals surface area contributed by atoms with Gasteiger partial charge in [-0.3, -0.25) is 19.3 Å². The van der Waals surface area contributed by atoms with Crippen LogP contribution in [-0.2, 0) is 14.3 Å². The number of thioether (sulfide) groups is 1. The van der Waals surface area contributed by atoms with E-state index in [0.717, 1.165) is 17.7 Å². The maximum Gasteiger partial charge on any atom is 0.329 e. The molecule has 0 radical (unpaired) electrons. The van der Waals surface area contributed by atoms with E-state index in [9.17, 15) is 19.2 Å². The highest BCUT2D eigenvalue weighted by atomic mass is 32.2. The second-order valence-corrected chi connectivity index (χ2v) is 7.57. The summed E-state index contributed by atoms with van der Waals surface area (Å²) in [5.74, 6) is -0.106. The lowest BCUT2D eigenvalue weighted by Gasteiger charge is -2.22. The maximum atomic E-state index is 12.3. The molecule has 7 nitrogen and oxygen atoms in total. The van der Waals surface area contributed by atoms with E-state index < -0.39 is 12.0 Å². The minimum atomic E-state index is -0.574. The van der Waals surface area contributed by atoms with Crippen molar-refractivity contribution < 1.29 is 23.9 Å². The summed E-state index contributed by atoms with van der Waals surface area (Å²) in [6.07, 6.45) is 1.78. The Bertz CT molecular complexity index is 757. The van der Waals surface area contributed by atoms with Crippen molar-refractivity contribution in [3.63, 3.8) is 0 Å². The summed E-state index contributed by atoms with van der Waals surface area (Å²) in [6, 6.07) is 6.06. The number of imide groups is 1. The van der Waals surface area contributed by atoms with Gasteiger partial charge >= 0.3 is 5.97 Å². The van der Waals surface area contributed by atoms with E-state index in [1.165, 1.54) is 11.8 Å². The summed E-state index contributed by atoms with van der Waals surface area (Å²) in [4.78, 5) is 51.8. The van der Waals surface area contributed by atoms with E-state index in [0.29, 0.717) is 22.8 Å². The van der Waals surface area contributed by atoms with Gasteiger partial charge in [0.2, 0.25) is 5.91 Å². The van der Waals surface area contributed by atoms with E-state index in [1.54, 1.807) is 29.2 Å². The van der Waals surface area contributed by atoms with Crippen LogP contribution in [0, 0.1) is 5.92 Å². The highest BCUT2D eigenvalue weighted by molar-refractivity contribution is 7.99. The van der Waals surface area contributed by atoms with Gasteiger partial charge in [0.25, 0.3) is 11.8 Å². The first-order valence-corrected chi connectivity index (χ1v) is 9.73. The maximum absolute atomic E-state index is 12.3. The summed E-state index contributed by atoms with van der Waals surface area (Å²) in [6.45, 7) is -0.0640. The van der Waals surface area contributed by atoms with Crippen molar-refractivity contribution >= 4 is 35.5 Å². The van der Waals surface area contributed by atoms with Crippen LogP contribution in [-0.4, -0.2) is 64.3 Å². The minimum Gasteiger partial charge on any atom is -0.462 e. The Morgan fingerprint density at radius 3 is 2.38 bits per heavy atom. The standard InChI is InChI=1S/C18H18N2O5S/c21-15(11-5-6-11)20-10-26-9-14(20)18(24)25-8-7-19-16(22)12-3-1-2-4-13(12)17(19)23/h1-4,11,14H,5-10H2/t14-/m1/s1. The van der Waals surface area contributed by atoms with Crippen LogP contribution in [0.3, 0.4) is 0 Å². The Hall–Kier alpha value is -2.35.